The molecule has 0 heterocycles. The molecule has 4 N–H and O–H groups in total. The number of rotatable bonds is 8. The van der Waals surface area contributed by atoms with E-state index in [0.717, 1.165) is 11.3 Å². The molecule has 0 saturated heterocycles. The van der Waals surface area contributed by atoms with Gasteiger partial charge in [-0.2, -0.15) is 0 Å². The zero-order valence-corrected chi connectivity index (χ0v) is 11.8. The minimum Gasteiger partial charge on any atom is -0.480 e. The van der Waals surface area contributed by atoms with E-state index < -0.39 is 24.3 Å². The van der Waals surface area contributed by atoms with Gasteiger partial charge in [0.2, 0.25) is 11.8 Å². The molecule has 21 heavy (non-hydrogen) atoms. The molecular weight excluding hydrogens is 274 g/mol. The minimum atomic E-state index is -1.11. The van der Waals surface area contributed by atoms with Crippen molar-refractivity contribution in [1.29, 1.82) is 0 Å². The molecule has 2 amide bonds. The molecule has 0 aromatic heterocycles. The summed E-state index contributed by atoms with van der Waals surface area (Å²) < 4.78 is 0. The first-order valence-electron chi connectivity index (χ1n) is 6.47. The lowest BCUT2D eigenvalue weighted by Gasteiger charge is -2.24. The van der Waals surface area contributed by atoms with Crippen molar-refractivity contribution in [3.63, 3.8) is 0 Å². The molecule has 0 atom stereocenters. The van der Waals surface area contributed by atoms with Gasteiger partial charge in [-0.25, -0.2) is 0 Å². The van der Waals surface area contributed by atoms with Gasteiger partial charge in [-0.3, -0.25) is 14.4 Å². The summed E-state index contributed by atoms with van der Waals surface area (Å²) in [5, 5.41) is 10.8. The van der Waals surface area contributed by atoms with E-state index in [0.29, 0.717) is 6.54 Å². The molecule has 1 rings (SSSR count). The molecule has 0 spiro atoms. The monoisotopic (exact) mass is 293 g/mol. The fourth-order valence-electron chi connectivity index (χ4n) is 1.77. The number of aryl methyl sites for hydroxylation is 1. The minimum absolute atomic E-state index is 0.0377. The summed E-state index contributed by atoms with van der Waals surface area (Å²) in [6.07, 6.45) is 0.111. The normalized spacial score (nSPS) is 9.95. The van der Waals surface area contributed by atoms with E-state index in [1.807, 2.05) is 31.2 Å². The molecule has 0 saturated carbocycles. The van der Waals surface area contributed by atoms with Gasteiger partial charge in [0.25, 0.3) is 0 Å². The summed E-state index contributed by atoms with van der Waals surface area (Å²) in [7, 11) is 0. The SMILES string of the molecule is Cc1cccc(N(CCC(N)=O)CC(=O)NCC(=O)O)c1. The van der Waals surface area contributed by atoms with Crippen molar-refractivity contribution in [2.45, 2.75) is 13.3 Å². The fraction of sp³-hybridized carbons (Fsp3) is 0.357. The number of hydrogen-bond donors (Lipinski definition) is 3. The smallest absolute Gasteiger partial charge is 0.322 e. The van der Waals surface area contributed by atoms with Crippen LogP contribution in [0.25, 0.3) is 0 Å². The van der Waals surface area contributed by atoms with Crippen LogP contribution in [0.15, 0.2) is 24.3 Å². The zero-order valence-electron chi connectivity index (χ0n) is 11.8. The Labute approximate surface area is 122 Å². The lowest BCUT2D eigenvalue weighted by atomic mass is 10.2. The number of nitrogens with one attached hydrogen (secondary N) is 1. The van der Waals surface area contributed by atoms with E-state index in [-0.39, 0.29) is 13.0 Å². The van der Waals surface area contributed by atoms with Crippen LogP contribution < -0.4 is 16.0 Å². The number of primary amides is 1. The predicted molar refractivity (Wildman–Crippen MR) is 77.8 cm³/mol. The summed E-state index contributed by atoms with van der Waals surface area (Å²) >= 11 is 0. The number of carbonyl (C=O) groups excluding carboxylic acids is 2. The number of hydrogen-bond acceptors (Lipinski definition) is 4. The number of carboxylic acids is 1. The van der Waals surface area contributed by atoms with Crippen LogP contribution in [0.4, 0.5) is 5.69 Å². The van der Waals surface area contributed by atoms with Gasteiger partial charge in [-0.1, -0.05) is 12.1 Å². The average molecular weight is 293 g/mol. The first-order chi connectivity index (χ1) is 9.88. The van der Waals surface area contributed by atoms with E-state index in [9.17, 15) is 14.4 Å². The Kier molecular flexibility index (Phi) is 6.19. The Morgan fingerprint density at radius 1 is 1.33 bits per heavy atom. The number of nitrogens with zero attached hydrogens (tertiary/aromatic N) is 1. The molecule has 0 bridgehead atoms. The highest BCUT2D eigenvalue weighted by Crippen LogP contribution is 2.15. The maximum atomic E-state index is 11.7. The largest absolute Gasteiger partial charge is 0.480 e. The van der Waals surface area contributed by atoms with E-state index in [4.69, 9.17) is 10.8 Å². The lowest BCUT2D eigenvalue weighted by Crippen LogP contribution is -2.40. The van der Waals surface area contributed by atoms with E-state index in [1.54, 1.807) is 4.90 Å². The van der Waals surface area contributed by atoms with Gasteiger partial charge in [0.1, 0.15) is 6.54 Å². The van der Waals surface area contributed by atoms with Gasteiger partial charge in [0.15, 0.2) is 0 Å². The molecule has 0 aliphatic rings. The van der Waals surface area contributed by atoms with E-state index in [1.165, 1.54) is 0 Å². The maximum absolute atomic E-state index is 11.7. The van der Waals surface area contributed by atoms with Crippen LogP contribution in [0.5, 0.6) is 0 Å². The predicted octanol–water partition coefficient (Wildman–Crippen LogP) is -0.122. The van der Waals surface area contributed by atoms with Crippen LogP contribution in [0, 0.1) is 6.92 Å². The van der Waals surface area contributed by atoms with Crippen molar-refractivity contribution in [3.05, 3.63) is 29.8 Å². The van der Waals surface area contributed by atoms with Crippen LogP contribution in [0.1, 0.15) is 12.0 Å². The molecule has 7 heteroatoms. The summed E-state index contributed by atoms with van der Waals surface area (Å²) in [5.74, 6) is -2.00. The first-order valence-corrected chi connectivity index (χ1v) is 6.47. The van der Waals surface area contributed by atoms with Crippen molar-refractivity contribution in [1.82, 2.24) is 5.32 Å². The second kappa shape index (κ2) is 7.88. The molecule has 0 radical (unpaired) electrons. The van der Waals surface area contributed by atoms with Gasteiger partial charge in [-0.15, -0.1) is 0 Å². The van der Waals surface area contributed by atoms with Crippen LogP contribution in [-0.4, -0.2) is 42.5 Å². The molecule has 1 aromatic carbocycles. The van der Waals surface area contributed by atoms with Crippen molar-refractivity contribution in [2.24, 2.45) is 5.73 Å². The van der Waals surface area contributed by atoms with Gasteiger partial charge in [0.05, 0.1) is 6.54 Å². The van der Waals surface area contributed by atoms with Crippen LogP contribution in [0.2, 0.25) is 0 Å². The summed E-state index contributed by atoms with van der Waals surface area (Å²) in [6, 6.07) is 7.46. The van der Waals surface area contributed by atoms with Gasteiger partial charge < -0.3 is 21.1 Å². The number of anilines is 1. The number of carboxylic acid groups (broad SMARTS) is 1. The van der Waals surface area contributed by atoms with E-state index >= 15 is 0 Å². The third-order valence-corrected chi connectivity index (χ3v) is 2.77. The van der Waals surface area contributed by atoms with Crippen molar-refractivity contribution < 1.29 is 19.5 Å². The first kappa shape index (κ1) is 16.5. The van der Waals surface area contributed by atoms with Gasteiger partial charge in [-0.05, 0) is 24.6 Å². The summed E-state index contributed by atoms with van der Waals surface area (Å²) in [5.41, 5.74) is 6.93. The highest BCUT2D eigenvalue weighted by Gasteiger charge is 2.13. The number of nitrogens with two attached hydrogens (primary N) is 1. The third-order valence-electron chi connectivity index (χ3n) is 2.77. The van der Waals surface area contributed by atoms with E-state index in [2.05, 4.69) is 5.32 Å². The molecule has 0 aliphatic heterocycles. The average Bonchev–Trinajstić information content (AvgIpc) is 2.41. The molecule has 0 fully saturated rings. The fourth-order valence-corrected chi connectivity index (χ4v) is 1.77. The summed E-state index contributed by atoms with van der Waals surface area (Å²) in [6.45, 7) is 1.74. The topological polar surface area (TPSA) is 113 Å². The van der Waals surface area contributed by atoms with Gasteiger partial charge >= 0.3 is 5.97 Å². The van der Waals surface area contributed by atoms with Gasteiger partial charge in [0, 0.05) is 18.7 Å². The Morgan fingerprint density at radius 2 is 2.05 bits per heavy atom. The quantitative estimate of drug-likeness (QED) is 0.618. The van der Waals surface area contributed by atoms with Crippen molar-refractivity contribution >= 4 is 23.5 Å². The molecule has 1 aromatic rings. The molecule has 0 aliphatic carbocycles. The zero-order chi connectivity index (χ0) is 15.8. The maximum Gasteiger partial charge on any atom is 0.322 e. The number of benzene rings is 1. The number of amides is 2. The summed E-state index contributed by atoms with van der Waals surface area (Å²) in [4.78, 5) is 34.8. The van der Waals surface area contributed by atoms with Crippen LogP contribution >= 0.6 is 0 Å². The second-order valence-corrected chi connectivity index (χ2v) is 4.65. The standard InChI is InChI=1S/C14H19N3O4/c1-10-3-2-4-11(7-10)17(6-5-12(15)18)9-13(19)16-8-14(20)21/h2-4,7H,5-6,8-9H2,1H3,(H2,15,18)(H,16,19)(H,20,21). The molecule has 7 nitrogen and oxygen atoms in total. The van der Waals surface area contributed by atoms with Crippen LogP contribution in [-0.2, 0) is 14.4 Å². The Hall–Kier alpha value is -2.57. The van der Waals surface area contributed by atoms with Crippen molar-refractivity contribution in [2.75, 3.05) is 24.5 Å². The molecule has 114 valence electrons. The third kappa shape index (κ3) is 6.42. The number of carbonyl (C=O) groups is 3. The lowest BCUT2D eigenvalue weighted by molar-refractivity contribution is -0.137. The second-order valence-electron chi connectivity index (χ2n) is 4.65. The highest BCUT2D eigenvalue weighted by atomic mass is 16.4. The van der Waals surface area contributed by atoms with Crippen LogP contribution in [0.3, 0.4) is 0 Å². The Bertz CT molecular complexity index is 531. The highest BCUT2D eigenvalue weighted by molar-refractivity contribution is 5.85. The molecular formula is C14H19N3O4. The Morgan fingerprint density at radius 3 is 2.62 bits per heavy atom. The number of aliphatic carboxylic acids is 1. The Balaban J connectivity index is 2.74. The molecule has 0 unspecified atom stereocenters. The van der Waals surface area contributed by atoms with Crippen molar-refractivity contribution in [3.8, 4) is 0 Å².